The summed E-state index contributed by atoms with van der Waals surface area (Å²) >= 11 is 6.05. The quantitative estimate of drug-likeness (QED) is 0.558. The zero-order valence-electron chi connectivity index (χ0n) is 14.4. The molecule has 0 radical (unpaired) electrons. The Labute approximate surface area is 163 Å². The van der Waals surface area contributed by atoms with Crippen LogP contribution in [0.3, 0.4) is 0 Å². The molecule has 0 N–H and O–H groups in total. The van der Waals surface area contributed by atoms with Gasteiger partial charge >= 0.3 is 6.18 Å². The zero-order valence-corrected chi connectivity index (χ0v) is 15.2. The third-order valence-electron chi connectivity index (χ3n) is 4.51. The number of carbonyl (C=O) groups is 1. The Morgan fingerprint density at radius 2 is 1.71 bits per heavy atom. The van der Waals surface area contributed by atoms with Gasteiger partial charge in [-0.15, -0.1) is 0 Å². The monoisotopic (exact) mass is 413 g/mol. The third kappa shape index (κ3) is 4.04. The molecule has 0 unspecified atom stereocenters. The number of benzene rings is 2. The average Bonchev–Trinajstić information content (AvgIpc) is 2.67. The van der Waals surface area contributed by atoms with Gasteiger partial charge in [0.2, 0.25) is 0 Å². The first kappa shape index (κ1) is 19.9. The lowest BCUT2D eigenvalue weighted by Gasteiger charge is -2.36. The highest BCUT2D eigenvalue weighted by atomic mass is 35.5. The summed E-state index contributed by atoms with van der Waals surface area (Å²) in [7, 11) is 0. The van der Waals surface area contributed by atoms with Crippen LogP contribution in [-0.2, 0) is 6.18 Å². The molecule has 1 aliphatic rings. The maximum Gasteiger partial charge on any atom is 0.416 e. The van der Waals surface area contributed by atoms with Gasteiger partial charge in [-0.1, -0.05) is 23.7 Å². The van der Waals surface area contributed by atoms with E-state index in [0.29, 0.717) is 16.7 Å². The van der Waals surface area contributed by atoms with Crippen molar-refractivity contribution in [1.82, 2.24) is 4.90 Å². The van der Waals surface area contributed by atoms with Crippen LogP contribution >= 0.6 is 11.6 Å². The largest absolute Gasteiger partial charge is 0.416 e. The van der Waals surface area contributed by atoms with Crippen LogP contribution in [0.4, 0.5) is 24.5 Å². The van der Waals surface area contributed by atoms with Gasteiger partial charge in [0.25, 0.3) is 11.6 Å². The molecule has 0 aromatic heterocycles. The van der Waals surface area contributed by atoms with Gasteiger partial charge in [0.05, 0.1) is 21.1 Å². The predicted molar refractivity (Wildman–Crippen MR) is 97.7 cm³/mol. The normalized spacial score (nSPS) is 14.9. The number of rotatable bonds is 3. The van der Waals surface area contributed by atoms with Crippen molar-refractivity contribution >= 4 is 28.9 Å². The van der Waals surface area contributed by atoms with Gasteiger partial charge < -0.3 is 9.80 Å². The summed E-state index contributed by atoms with van der Waals surface area (Å²) in [4.78, 5) is 26.2. The molecule has 0 saturated carbocycles. The van der Waals surface area contributed by atoms with Gasteiger partial charge in [0.1, 0.15) is 5.69 Å². The van der Waals surface area contributed by atoms with Crippen LogP contribution in [0.25, 0.3) is 0 Å². The summed E-state index contributed by atoms with van der Waals surface area (Å²) in [6.07, 6.45) is -4.66. The maximum atomic E-state index is 12.8. The number of hydrogen-bond acceptors (Lipinski definition) is 4. The molecule has 1 amide bonds. The molecule has 148 valence electrons. The van der Waals surface area contributed by atoms with Gasteiger partial charge in [0, 0.05) is 32.2 Å². The van der Waals surface area contributed by atoms with Crippen molar-refractivity contribution in [1.29, 1.82) is 0 Å². The fraction of sp³-hybridized carbons (Fsp3) is 0.278. The number of halogens is 4. The van der Waals surface area contributed by atoms with Crippen molar-refractivity contribution < 1.29 is 22.9 Å². The van der Waals surface area contributed by atoms with Crippen molar-refractivity contribution in [3.63, 3.8) is 0 Å². The molecule has 1 saturated heterocycles. The van der Waals surface area contributed by atoms with Gasteiger partial charge in [-0.2, -0.15) is 13.2 Å². The average molecular weight is 414 g/mol. The second-order valence-corrected chi connectivity index (χ2v) is 6.62. The number of alkyl halides is 3. The summed E-state index contributed by atoms with van der Waals surface area (Å²) in [5.74, 6) is -0.257. The zero-order chi connectivity index (χ0) is 20.5. The molecule has 0 bridgehead atoms. The highest BCUT2D eigenvalue weighted by molar-refractivity contribution is 6.33. The van der Waals surface area contributed by atoms with Crippen LogP contribution in [0.2, 0.25) is 5.02 Å². The molecule has 1 heterocycles. The van der Waals surface area contributed by atoms with E-state index in [1.807, 2.05) is 0 Å². The van der Waals surface area contributed by atoms with Crippen molar-refractivity contribution in [2.24, 2.45) is 0 Å². The van der Waals surface area contributed by atoms with Crippen LogP contribution in [0.15, 0.2) is 42.5 Å². The minimum atomic E-state index is -4.66. The standard InChI is InChI=1S/C18H15ClF3N3O3/c19-14-4-2-1-3-13(14)17(26)24-9-7-23(8-10-24)15-6-5-12(18(20,21)22)11-16(15)25(27)28/h1-6,11H,7-10H2. The Balaban J connectivity index is 1.77. The lowest BCUT2D eigenvalue weighted by molar-refractivity contribution is -0.384. The predicted octanol–water partition coefficient (Wildman–Crippen LogP) is 4.23. The van der Waals surface area contributed by atoms with Crippen molar-refractivity contribution in [3.05, 3.63) is 68.7 Å². The summed E-state index contributed by atoms with van der Waals surface area (Å²) in [6.45, 7) is 1.04. The summed E-state index contributed by atoms with van der Waals surface area (Å²) in [5, 5.41) is 11.6. The van der Waals surface area contributed by atoms with Crippen molar-refractivity contribution in [3.8, 4) is 0 Å². The Bertz CT molecular complexity index is 912. The van der Waals surface area contributed by atoms with E-state index in [0.717, 1.165) is 12.1 Å². The number of piperazine rings is 1. The van der Waals surface area contributed by atoms with Crippen LogP contribution in [0.5, 0.6) is 0 Å². The highest BCUT2D eigenvalue weighted by Gasteiger charge is 2.34. The number of carbonyl (C=O) groups excluding carboxylic acids is 1. The minimum absolute atomic E-state index is 0.0999. The Morgan fingerprint density at radius 3 is 2.29 bits per heavy atom. The molecule has 1 aliphatic heterocycles. The molecule has 3 rings (SSSR count). The summed E-state index contributed by atoms with van der Waals surface area (Å²) in [6, 6.07) is 9.09. The lowest BCUT2D eigenvalue weighted by Crippen LogP contribution is -2.49. The number of nitro groups is 1. The molecule has 0 spiro atoms. The molecule has 2 aromatic rings. The lowest BCUT2D eigenvalue weighted by atomic mass is 10.1. The van der Waals surface area contributed by atoms with E-state index in [9.17, 15) is 28.1 Å². The maximum absolute atomic E-state index is 12.8. The Morgan fingerprint density at radius 1 is 1.07 bits per heavy atom. The first-order valence-corrected chi connectivity index (χ1v) is 8.70. The smallest absolute Gasteiger partial charge is 0.362 e. The molecule has 10 heteroatoms. The second kappa shape index (κ2) is 7.67. The minimum Gasteiger partial charge on any atom is -0.362 e. The highest BCUT2D eigenvalue weighted by Crippen LogP contribution is 2.36. The van der Waals surface area contributed by atoms with E-state index < -0.39 is 22.4 Å². The number of nitro benzene ring substituents is 1. The van der Waals surface area contributed by atoms with Gasteiger partial charge in [-0.05, 0) is 24.3 Å². The molecule has 6 nitrogen and oxygen atoms in total. The van der Waals surface area contributed by atoms with Crippen LogP contribution in [0.1, 0.15) is 15.9 Å². The molecule has 0 atom stereocenters. The summed E-state index contributed by atoms with van der Waals surface area (Å²) in [5.41, 5.74) is -1.22. The molecule has 1 fully saturated rings. The van der Waals surface area contributed by atoms with E-state index in [4.69, 9.17) is 11.6 Å². The van der Waals surface area contributed by atoms with E-state index in [1.165, 1.54) is 0 Å². The van der Waals surface area contributed by atoms with Crippen LogP contribution in [-0.4, -0.2) is 41.9 Å². The fourth-order valence-electron chi connectivity index (χ4n) is 3.07. The molecular weight excluding hydrogens is 399 g/mol. The fourth-order valence-corrected chi connectivity index (χ4v) is 3.29. The first-order chi connectivity index (χ1) is 13.2. The third-order valence-corrected chi connectivity index (χ3v) is 4.84. The van der Waals surface area contributed by atoms with E-state index in [1.54, 1.807) is 34.1 Å². The first-order valence-electron chi connectivity index (χ1n) is 8.33. The molecular formula is C18H15ClF3N3O3. The van der Waals surface area contributed by atoms with Crippen LogP contribution in [0, 0.1) is 10.1 Å². The van der Waals surface area contributed by atoms with Gasteiger partial charge in [-0.3, -0.25) is 14.9 Å². The van der Waals surface area contributed by atoms with E-state index >= 15 is 0 Å². The number of hydrogen-bond donors (Lipinski definition) is 0. The number of anilines is 1. The second-order valence-electron chi connectivity index (χ2n) is 6.22. The SMILES string of the molecule is O=C(c1ccccc1Cl)N1CCN(c2ccc(C(F)(F)F)cc2[N+](=O)[O-])CC1. The van der Waals surface area contributed by atoms with E-state index in [2.05, 4.69) is 0 Å². The summed E-state index contributed by atoms with van der Waals surface area (Å²) < 4.78 is 38.5. The van der Waals surface area contributed by atoms with Crippen LogP contribution < -0.4 is 4.90 Å². The molecule has 28 heavy (non-hydrogen) atoms. The van der Waals surface area contributed by atoms with Crippen molar-refractivity contribution in [2.75, 3.05) is 31.1 Å². The Kier molecular flexibility index (Phi) is 5.46. The number of amides is 1. The van der Waals surface area contributed by atoms with Gasteiger partial charge in [0.15, 0.2) is 0 Å². The van der Waals surface area contributed by atoms with Gasteiger partial charge in [-0.25, -0.2) is 0 Å². The van der Waals surface area contributed by atoms with Crippen molar-refractivity contribution in [2.45, 2.75) is 6.18 Å². The molecule has 0 aliphatic carbocycles. The number of nitrogens with zero attached hydrogens (tertiary/aromatic N) is 3. The topological polar surface area (TPSA) is 66.7 Å². The Hall–Kier alpha value is -2.81. The van der Waals surface area contributed by atoms with E-state index in [-0.39, 0.29) is 37.8 Å². The molecule has 2 aromatic carbocycles.